The summed E-state index contributed by atoms with van der Waals surface area (Å²) < 4.78 is 64.2. The van der Waals surface area contributed by atoms with E-state index in [0.717, 1.165) is 18.2 Å². The molecule has 2 rings (SSSR count). The zero-order valence-corrected chi connectivity index (χ0v) is 16.4. The van der Waals surface area contributed by atoms with E-state index in [4.69, 9.17) is 5.73 Å². The second kappa shape index (κ2) is 8.63. The first-order chi connectivity index (χ1) is 13.4. The van der Waals surface area contributed by atoms with E-state index in [0.29, 0.717) is 0 Å². The Morgan fingerprint density at radius 3 is 2.21 bits per heavy atom. The molecule has 0 aliphatic heterocycles. The van der Waals surface area contributed by atoms with E-state index in [1.54, 1.807) is 0 Å². The summed E-state index contributed by atoms with van der Waals surface area (Å²) in [5.74, 6) is -0.777. The summed E-state index contributed by atoms with van der Waals surface area (Å²) >= 11 is 4.59. The third-order valence-corrected chi connectivity index (χ3v) is 5.12. The van der Waals surface area contributed by atoms with Crippen LogP contribution in [0.2, 0.25) is 0 Å². The van der Waals surface area contributed by atoms with Crippen molar-refractivity contribution in [3.8, 4) is 0 Å². The Labute approximate surface area is 169 Å². The lowest BCUT2D eigenvalue weighted by molar-refractivity contribution is -0.137. The van der Waals surface area contributed by atoms with Crippen LogP contribution < -0.4 is 26.6 Å². The van der Waals surface area contributed by atoms with E-state index >= 15 is 0 Å². The second-order valence-corrected chi connectivity index (χ2v) is 7.88. The topological polar surface area (TPSA) is 125 Å². The van der Waals surface area contributed by atoms with Gasteiger partial charge in [-0.1, -0.05) is 0 Å². The number of nitrogens with one attached hydrogen (secondary N) is 4. The number of thiocarbonyl (C=S) groups is 1. The van der Waals surface area contributed by atoms with Gasteiger partial charge < -0.3 is 11.1 Å². The summed E-state index contributed by atoms with van der Waals surface area (Å²) in [7, 11) is -2.64. The normalized spacial score (nSPS) is 11.6. The van der Waals surface area contributed by atoms with Crippen molar-refractivity contribution < 1.29 is 26.4 Å². The van der Waals surface area contributed by atoms with Crippen molar-refractivity contribution in [2.75, 3.05) is 12.4 Å². The molecule has 6 N–H and O–H groups in total. The zero-order valence-electron chi connectivity index (χ0n) is 14.8. The van der Waals surface area contributed by atoms with Crippen molar-refractivity contribution in [3.05, 3.63) is 53.6 Å². The van der Waals surface area contributed by atoms with Crippen LogP contribution in [0.25, 0.3) is 0 Å². The second-order valence-electron chi connectivity index (χ2n) is 5.56. The Balaban J connectivity index is 2.41. The van der Waals surface area contributed by atoms with E-state index < -0.39 is 27.7 Å². The highest BCUT2D eigenvalue weighted by atomic mass is 32.2. The first kappa shape index (κ1) is 22.4. The molecule has 0 aromatic heterocycles. The molecule has 0 spiro atoms. The minimum absolute atomic E-state index is 0.120. The zero-order chi connectivity index (χ0) is 21.8. The maximum atomic E-state index is 12.7. The van der Waals surface area contributed by atoms with Gasteiger partial charge in [0.25, 0.3) is 5.91 Å². The summed E-state index contributed by atoms with van der Waals surface area (Å²) in [6.07, 6.45) is -4.49. The molecule has 0 radical (unpaired) electrons. The number of amides is 1. The summed E-state index contributed by atoms with van der Waals surface area (Å²) in [5.41, 5.74) is 9.09. The van der Waals surface area contributed by atoms with Gasteiger partial charge in [-0.05, 0) is 61.7 Å². The predicted molar refractivity (Wildman–Crippen MR) is 105 cm³/mol. The first-order valence-corrected chi connectivity index (χ1v) is 9.71. The van der Waals surface area contributed by atoms with Gasteiger partial charge in [-0.2, -0.15) is 13.2 Å². The molecule has 0 heterocycles. The molecule has 2 aromatic rings. The SMILES string of the molecule is CNS(=O)(=O)c1ccc(Nc2ccc(C(F)(F)F)cc2)c(C(=O)NNC(N)=S)c1. The van der Waals surface area contributed by atoms with Gasteiger partial charge >= 0.3 is 6.18 Å². The van der Waals surface area contributed by atoms with Crippen LogP contribution in [0, 0.1) is 0 Å². The average molecular weight is 447 g/mol. The number of hydrogen-bond donors (Lipinski definition) is 5. The van der Waals surface area contributed by atoms with E-state index in [-0.39, 0.29) is 26.9 Å². The molecule has 0 aliphatic carbocycles. The first-order valence-electron chi connectivity index (χ1n) is 7.81. The number of carbonyl (C=O) groups is 1. The van der Waals surface area contributed by atoms with E-state index in [1.165, 1.54) is 31.3 Å². The van der Waals surface area contributed by atoms with Gasteiger partial charge in [-0.15, -0.1) is 0 Å². The molecule has 2 aromatic carbocycles. The van der Waals surface area contributed by atoms with Crippen molar-refractivity contribution >= 4 is 44.6 Å². The fourth-order valence-corrected chi connectivity index (χ4v) is 3.00. The maximum Gasteiger partial charge on any atom is 0.416 e. The van der Waals surface area contributed by atoms with Crippen LogP contribution in [-0.4, -0.2) is 26.5 Å². The third kappa shape index (κ3) is 5.79. The van der Waals surface area contributed by atoms with E-state index in [1.807, 2.05) is 0 Å². The number of hydrazine groups is 1. The molecule has 0 saturated carbocycles. The number of alkyl halides is 3. The van der Waals surface area contributed by atoms with Crippen LogP contribution in [0.15, 0.2) is 47.4 Å². The highest BCUT2D eigenvalue weighted by molar-refractivity contribution is 7.89. The monoisotopic (exact) mass is 447 g/mol. The lowest BCUT2D eigenvalue weighted by Crippen LogP contribution is -2.44. The number of rotatable bonds is 5. The molecule has 0 saturated heterocycles. The number of carbonyl (C=O) groups excluding carboxylic acids is 1. The van der Waals surface area contributed by atoms with Crippen LogP contribution in [0.4, 0.5) is 24.5 Å². The van der Waals surface area contributed by atoms with Gasteiger partial charge in [0.05, 0.1) is 21.7 Å². The molecular weight excluding hydrogens is 431 g/mol. The number of nitrogens with two attached hydrogens (primary N) is 1. The van der Waals surface area contributed by atoms with Crippen molar-refractivity contribution in [3.63, 3.8) is 0 Å². The molecule has 8 nitrogen and oxygen atoms in total. The highest BCUT2D eigenvalue weighted by Gasteiger charge is 2.30. The van der Waals surface area contributed by atoms with Crippen LogP contribution >= 0.6 is 12.2 Å². The van der Waals surface area contributed by atoms with Gasteiger partial charge in [0.2, 0.25) is 10.0 Å². The fraction of sp³-hybridized carbons (Fsp3) is 0.125. The van der Waals surface area contributed by atoms with Crippen molar-refractivity contribution in [1.82, 2.24) is 15.6 Å². The third-order valence-electron chi connectivity index (χ3n) is 3.61. The molecule has 0 bridgehead atoms. The van der Waals surface area contributed by atoms with Crippen LogP contribution in [-0.2, 0) is 16.2 Å². The Morgan fingerprint density at radius 1 is 1.07 bits per heavy atom. The van der Waals surface area contributed by atoms with E-state index in [9.17, 15) is 26.4 Å². The Kier molecular flexibility index (Phi) is 6.66. The number of halogens is 3. The van der Waals surface area contributed by atoms with E-state index in [2.05, 4.69) is 33.1 Å². The fourth-order valence-electron chi connectivity index (χ4n) is 2.19. The van der Waals surface area contributed by atoms with Crippen LogP contribution in [0.5, 0.6) is 0 Å². The molecule has 0 atom stereocenters. The summed E-state index contributed by atoms with van der Waals surface area (Å²) in [5, 5.41) is 2.55. The molecule has 0 fully saturated rings. The molecule has 156 valence electrons. The molecule has 0 unspecified atom stereocenters. The lowest BCUT2D eigenvalue weighted by Gasteiger charge is -2.15. The number of anilines is 2. The number of benzene rings is 2. The van der Waals surface area contributed by atoms with Crippen LogP contribution in [0.3, 0.4) is 0 Å². The average Bonchev–Trinajstić information content (AvgIpc) is 2.66. The van der Waals surface area contributed by atoms with Gasteiger partial charge in [0.15, 0.2) is 5.11 Å². The molecule has 0 aliphatic rings. The predicted octanol–water partition coefficient (Wildman–Crippen LogP) is 1.84. The smallest absolute Gasteiger partial charge is 0.375 e. The maximum absolute atomic E-state index is 12.7. The van der Waals surface area contributed by atoms with Gasteiger partial charge in [0.1, 0.15) is 0 Å². The number of hydrogen-bond acceptors (Lipinski definition) is 5. The molecule has 29 heavy (non-hydrogen) atoms. The van der Waals surface area contributed by atoms with Gasteiger partial charge in [-0.25, -0.2) is 13.1 Å². The number of sulfonamides is 1. The van der Waals surface area contributed by atoms with Crippen LogP contribution in [0.1, 0.15) is 15.9 Å². The van der Waals surface area contributed by atoms with Gasteiger partial charge in [0, 0.05) is 5.69 Å². The Morgan fingerprint density at radius 2 is 1.69 bits per heavy atom. The Hall–Kier alpha value is -2.90. The quantitative estimate of drug-likeness (QED) is 0.350. The highest BCUT2D eigenvalue weighted by Crippen LogP contribution is 2.31. The lowest BCUT2D eigenvalue weighted by atomic mass is 10.1. The Bertz CT molecular complexity index is 1030. The van der Waals surface area contributed by atoms with Crippen molar-refractivity contribution in [2.45, 2.75) is 11.1 Å². The van der Waals surface area contributed by atoms with Crippen molar-refractivity contribution in [2.24, 2.45) is 5.73 Å². The minimum Gasteiger partial charge on any atom is -0.375 e. The molecular formula is C16H16F3N5O3S2. The summed E-state index contributed by atoms with van der Waals surface area (Å²) in [6.45, 7) is 0. The largest absolute Gasteiger partial charge is 0.416 e. The van der Waals surface area contributed by atoms with Gasteiger partial charge in [-0.3, -0.25) is 15.6 Å². The summed E-state index contributed by atoms with van der Waals surface area (Å²) in [4.78, 5) is 12.2. The standard InChI is InChI=1S/C16H16F3N5O3S2/c1-21-29(26,27)11-6-7-13(12(8-11)14(25)23-24-15(20)28)22-10-4-2-9(3-5-10)16(17,18)19/h2-8,21-22H,1H3,(H,23,25)(H3,20,24,28). The summed E-state index contributed by atoms with van der Waals surface area (Å²) in [6, 6.07) is 7.72. The molecule has 1 amide bonds. The van der Waals surface area contributed by atoms with Crippen molar-refractivity contribution in [1.29, 1.82) is 0 Å². The minimum atomic E-state index is -4.49. The molecule has 13 heteroatoms.